The molecule has 0 saturated heterocycles. The Morgan fingerprint density at radius 3 is 2.29 bits per heavy atom. The molecule has 2 aliphatic carbocycles. The van der Waals surface area contributed by atoms with Gasteiger partial charge in [-0.05, 0) is 41.9 Å². The molecule has 7 nitrogen and oxygen atoms in total. The van der Waals surface area contributed by atoms with Gasteiger partial charge in [0.1, 0.15) is 17.1 Å². The second-order valence-electron chi connectivity index (χ2n) is 7.75. The SMILES string of the molecule is COc1cccc(OC)c1C(=O)N[C@H]1[C@H](C2C=CC(S(N)(=O)=O)=CC2)C1(C)C. The van der Waals surface area contributed by atoms with Crippen LogP contribution in [0, 0.1) is 17.3 Å². The zero-order chi connectivity index (χ0) is 20.7. The van der Waals surface area contributed by atoms with Gasteiger partial charge in [-0.15, -0.1) is 0 Å². The van der Waals surface area contributed by atoms with Gasteiger partial charge in [0.2, 0.25) is 10.0 Å². The van der Waals surface area contributed by atoms with Gasteiger partial charge in [-0.2, -0.15) is 0 Å². The predicted molar refractivity (Wildman–Crippen MR) is 107 cm³/mol. The topological polar surface area (TPSA) is 108 Å². The summed E-state index contributed by atoms with van der Waals surface area (Å²) in [6.45, 7) is 4.18. The van der Waals surface area contributed by atoms with Gasteiger partial charge in [0.25, 0.3) is 5.91 Å². The third-order valence-electron chi connectivity index (χ3n) is 5.74. The fourth-order valence-electron chi connectivity index (χ4n) is 4.14. The Hall–Kier alpha value is -2.32. The van der Waals surface area contributed by atoms with Crippen molar-refractivity contribution in [1.82, 2.24) is 5.32 Å². The summed E-state index contributed by atoms with van der Waals surface area (Å²) in [6.07, 6.45) is 5.65. The van der Waals surface area contributed by atoms with Crippen LogP contribution in [0.25, 0.3) is 0 Å². The number of methoxy groups -OCH3 is 2. The van der Waals surface area contributed by atoms with E-state index in [0.29, 0.717) is 23.5 Å². The standard InChI is InChI=1S/C20H26N2O5S/c1-20(2)17(12-8-10-13(11-9-12)28(21,24)25)18(20)22-19(23)16-14(26-3)6-5-7-15(16)27-4/h5-8,10-12,17-18H,9H2,1-4H3,(H,22,23)(H2,21,24,25)/t12?,17-,18-/m0/s1. The number of allylic oxidation sites excluding steroid dienone is 3. The maximum absolute atomic E-state index is 13.0. The quantitative estimate of drug-likeness (QED) is 0.753. The Bertz CT molecular complexity index is 927. The van der Waals surface area contributed by atoms with Gasteiger partial charge >= 0.3 is 0 Å². The maximum atomic E-state index is 13.0. The molecule has 3 atom stereocenters. The summed E-state index contributed by atoms with van der Waals surface area (Å²) in [5, 5.41) is 8.29. The Labute approximate surface area is 165 Å². The number of nitrogens with two attached hydrogens (primary N) is 1. The lowest BCUT2D eigenvalue weighted by Crippen LogP contribution is -2.30. The smallest absolute Gasteiger partial charge is 0.259 e. The molecule has 1 amide bonds. The molecule has 3 rings (SSSR count). The van der Waals surface area contributed by atoms with Crippen LogP contribution in [0.2, 0.25) is 0 Å². The van der Waals surface area contributed by atoms with Crippen molar-refractivity contribution in [2.75, 3.05) is 14.2 Å². The number of hydrogen-bond donors (Lipinski definition) is 2. The average Bonchev–Trinajstić information content (AvgIpc) is 3.19. The molecule has 0 heterocycles. The molecule has 0 radical (unpaired) electrons. The molecule has 1 aromatic carbocycles. The van der Waals surface area contributed by atoms with Gasteiger partial charge in [0, 0.05) is 6.04 Å². The summed E-state index contributed by atoms with van der Waals surface area (Å²) in [4.78, 5) is 13.1. The Morgan fingerprint density at radius 2 is 1.82 bits per heavy atom. The van der Waals surface area contributed by atoms with Crippen LogP contribution in [0.4, 0.5) is 0 Å². The Balaban J connectivity index is 1.76. The second-order valence-corrected chi connectivity index (χ2v) is 9.31. The summed E-state index contributed by atoms with van der Waals surface area (Å²) in [6, 6.07) is 5.15. The third kappa shape index (κ3) is 3.66. The minimum absolute atomic E-state index is 0.0475. The van der Waals surface area contributed by atoms with Crippen molar-refractivity contribution < 1.29 is 22.7 Å². The molecule has 0 aliphatic heterocycles. The number of sulfonamides is 1. The van der Waals surface area contributed by atoms with Crippen molar-refractivity contribution in [1.29, 1.82) is 0 Å². The summed E-state index contributed by atoms with van der Waals surface area (Å²) < 4.78 is 33.6. The zero-order valence-electron chi connectivity index (χ0n) is 16.4. The minimum atomic E-state index is -3.69. The third-order valence-corrected chi connectivity index (χ3v) is 6.70. The van der Waals surface area contributed by atoms with E-state index >= 15 is 0 Å². The number of nitrogens with one attached hydrogen (secondary N) is 1. The molecule has 28 heavy (non-hydrogen) atoms. The lowest BCUT2D eigenvalue weighted by Gasteiger charge is -2.17. The van der Waals surface area contributed by atoms with E-state index in [9.17, 15) is 13.2 Å². The molecule has 1 aromatic rings. The van der Waals surface area contributed by atoms with E-state index in [-0.39, 0.29) is 34.1 Å². The molecule has 0 spiro atoms. The monoisotopic (exact) mass is 406 g/mol. The molecule has 0 aromatic heterocycles. The lowest BCUT2D eigenvalue weighted by atomic mass is 9.91. The predicted octanol–water partition coefficient (Wildman–Crippen LogP) is 2.21. The van der Waals surface area contributed by atoms with Crippen molar-refractivity contribution in [3.63, 3.8) is 0 Å². The van der Waals surface area contributed by atoms with E-state index < -0.39 is 10.0 Å². The second kappa shape index (κ2) is 7.25. The number of rotatable bonds is 6. The van der Waals surface area contributed by atoms with Crippen LogP contribution in [0.3, 0.4) is 0 Å². The van der Waals surface area contributed by atoms with Gasteiger partial charge in [-0.1, -0.05) is 32.1 Å². The van der Waals surface area contributed by atoms with Gasteiger partial charge in [-0.3, -0.25) is 4.79 Å². The first kappa shape index (κ1) is 20.4. The van der Waals surface area contributed by atoms with Gasteiger partial charge in [0.15, 0.2) is 0 Å². The van der Waals surface area contributed by atoms with Crippen LogP contribution in [0.5, 0.6) is 11.5 Å². The molecule has 2 aliphatic rings. The van der Waals surface area contributed by atoms with Gasteiger partial charge < -0.3 is 14.8 Å². The molecular weight excluding hydrogens is 380 g/mol. The van der Waals surface area contributed by atoms with E-state index in [1.165, 1.54) is 14.2 Å². The Morgan fingerprint density at radius 1 is 1.21 bits per heavy atom. The lowest BCUT2D eigenvalue weighted by molar-refractivity contribution is 0.0938. The van der Waals surface area contributed by atoms with E-state index in [4.69, 9.17) is 14.6 Å². The summed E-state index contributed by atoms with van der Waals surface area (Å²) >= 11 is 0. The van der Waals surface area contributed by atoms with Crippen molar-refractivity contribution >= 4 is 15.9 Å². The van der Waals surface area contributed by atoms with Crippen molar-refractivity contribution in [2.45, 2.75) is 26.3 Å². The highest BCUT2D eigenvalue weighted by Crippen LogP contribution is 2.58. The van der Waals surface area contributed by atoms with Crippen LogP contribution in [0.1, 0.15) is 30.6 Å². The van der Waals surface area contributed by atoms with Crippen LogP contribution in [-0.2, 0) is 10.0 Å². The average molecular weight is 407 g/mol. The number of amides is 1. The zero-order valence-corrected chi connectivity index (χ0v) is 17.2. The van der Waals surface area contributed by atoms with E-state index in [1.54, 1.807) is 30.4 Å². The largest absolute Gasteiger partial charge is 0.496 e. The van der Waals surface area contributed by atoms with Crippen LogP contribution < -0.4 is 19.9 Å². The highest BCUT2D eigenvalue weighted by molar-refractivity contribution is 7.93. The highest BCUT2D eigenvalue weighted by atomic mass is 32.2. The van der Waals surface area contributed by atoms with Crippen LogP contribution in [0.15, 0.2) is 41.3 Å². The minimum Gasteiger partial charge on any atom is -0.496 e. The number of hydrogen-bond acceptors (Lipinski definition) is 5. The molecule has 8 heteroatoms. The number of primary sulfonamides is 1. The summed E-state index contributed by atoms with van der Waals surface area (Å²) in [7, 11) is -0.667. The molecular formula is C20H26N2O5S. The van der Waals surface area contributed by atoms with E-state index in [1.807, 2.05) is 6.08 Å². The van der Waals surface area contributed by atoms with Crippen molar-refractivity contribution in [3.8, 4) is 11.5 Å². The summed E-state index contributed by atoms with van der Waals surface area (Å²) in [5.74, 6) is 0.961. The number of carbonyl (C=O) groups is 1. The van der Waals surface area contributed by atoms with Crippen molar-refractivity contribution in [2.24, 2.45) is 22.4 Å². The maximum Gasteiger partial charge on any atom is 0.259 e. The first-order chi connectivity index (χ1) is 13.1. The fourth-order valence-corrected chi connectivity index (χ4v) is 4.73. The molecule has 1 saturated carbocycles. The molecule has 0 bridgehead atoms. The van der Waals surface area contributed by atoms with Crippen LogP contribution in [-0.4, -0.2) is 34.6 Å². The highest BCUT2D eigenvalue weighted by Gasteiger charge is 2.61. The van der Waals surface area contributed by atoms with E-state index in [0.717, 1.165) is 0 Å². The summed E-state index contributed by atoms with van der Waals surface area (Å²) in [5.41, 5.74) is 0.247. The molecule has 3 N–H and O–H groups in total. The van der Waals surface area contributed by atoms with Crippen molar-refractivity contribution in [3.05, 3.63) is 46.9 Å². The number of carbonyl (C=O) groups excluding carboxylic acids is 1. The first-order valence-corrected chi connectivity index (χ1v) is 10.6. The first-order valence-electron chi connectivity index (χ1n) is 9.04. The normalized spacial score (nSPS) is 25.6. The number of benzene rings is 1. The Kier molecular flexibility index (Phi) is 5.29. The molecule has 1 unspecified atom stereocenters. The number of ether oxygens (including phenoxy) is 2. The van der Waals surface area contributed by atoms with Gasteiger partial charge in [-0.25, -0.2) is 13.6 Å². The van der Waals surface area contributed by atoms with Gasteiger partial charge in [0.05, 0.1) is 19.1 Å². The van der Waals surface area contributed by atoms with Crippen LogP contribution >= 0.6 is 0 Å². The van der Waals surface area contributed by atoms with E-state index in [2.05, 4.69) is 19.2 Å². The molecule has 1 fully saturated rings. The fraction of sp³-hybridized carbons (Fsp3) is 0.450. The molecule has 152 valence electrons.